The lowest BCUT2D eigenvalue weighted by Gasteiger charge is -2.31. The minimum absolute atomic E-state index is 0.0219. The lowest BCUT2D eigenvalue weighted by molar-refractivity contribution is 0.0685. The maximum absolute atomic E-state index is 12.5. The van der Waals surface area contributed by atoms with Crippen LogP contribution in [0, 0.1) is 5.92 Å². The van der Waals surface area contributed by atoms with Gasteiger partial charge in [0, 0.05) is 31.6 Å². The molecule has 25 heavy (non-hydrogen) atoms. The minimum atomic E-state index is -0.0219. The van der Waals surface area contributed by atoms with E-state index >= 15 is 0 Å². The summed E-state index contributed by atoms with van der Waals surface area (Å²) in [5.41, 5.74) is 1.03. The van der Waals surface area contributed by atoms with Crippen LogP contribution in [0.15, 0.2) is 32.8 Å². The van der Waals surface area contributed by atoms with Crippen LogP contribution in [0.1, 0.15) is 47.0 Å². The van der Waals surface area contributed by atoms with Gasteiger partial charge in [-0.3, -0.25) is 9.59 Å². The zero-order valence-electron chi connectivity index (χ0n) is 13.9. The van der Waals surface area contributed by atoms with Crippen LogP contribution >= 0.6 is 27.3 Å². The van der Waals surface area contributed by atoms with E-state index in [0.717, 1.165) is 40.3 Å². The molecule has 1 aliphatic carbocycles. The van der Waals surface area contributed by atoms with E-state index in [4.69, 9.17) is 0 Å². The van der Waals surface area contributed by atoms with Crippen molar-refractivity contribution in [3.05, 3.63) is 49.0 Å². The van der Waals surface area contributed by atoms with Crippen LogP contribution < -0.4 is 5.56 Å². The molecule has 1 amide bonds. The Kier molecular flexibility index (Phi) is 4.78. The molecular weight excluding hydrogens is 402 g/mol. The fourth-order valence-electron chi connectivity index (χ4n) is 3.34. The van der Waals surface area contributed by atoms with E-state index in [1.54, 1.807) is 10.7 Å². The molecule has 0 unspecified atom stereocenters. The van der Waals surface area contributed by atoms with Crippen molar-refractivity contribution in [1.29, 1.82) is 0 Å². The minimum Gasteiger partial charge on any atom is -0.338 e. The summed E-state index contributed by atoms with van der Waals surface area (Å²) in [6.07, 6.45) is 4.20. The summed E-state index contributed by atoms with van der Waals surface area (Å²) in [5, 5.41) is 4.55. The van der Waals surface area contributed by atoms with Crippen molar-refractivity contribution in [3.63, 3.8) is 0 Å². The number of carbonyl (C=O) groups is 1. The fraction of sp³-hybridized carbons (Fsp3) is 0.500. The van der Waals surface area contributed by atoms with Gasteiger partial charge in [0.05, 0.1) is 14.4 Å². The van der Waals surface area contributed by atoms with Crippen molar-refractivity contribution in [2.75, 3.05) is 13.1 Å². The van der Waals surface area contributed by atoms with Crippen molar-refractivity contribution in [2.24, 2.45) is 5.92 Å². The number of thiophene rings is 1. The second-order valence-electron chi connectivity index (χ2n) is 6.89. The van der Waals surface area contributed by atoms with Crippen molar-refractivity contribution in [1.82, 2.24) is 14.7 Å². The van der Waals surface area contributed by atoms with Gasteiger partial charge in [0.25, 0.3) is 11.5 Å². The number of piperidine rings is 1. The highest BCUT2D eigenvalue weighted by molar-refractivity contribution is 9.11. The van der Waals surface area contributed by atoms with Crippen LogP contribution in [0.5, 0.6) is 0 Å². The highest BCUT2D eigenvalue weighted by Crippen LogP contribution is 2.38. The average Bonchev–Trinajstić information content (AvgIpc) is 3.38. The Morgan fingerprint density at radius 2 is 1.92 bits per heavy atom. The smallest absolute Gasteiger partial charge is 0.266 e. The first-order valence-corrected chi connectivity index (χ1v) is 10.3. The summed E-state index contributed by atoms with van der Waals surface area (Å²) in [6, 6.07) is 7.30. The Morgan fingerprint density at radius 3 is 2.56 bits per heavy atom. The third kappa shape index (κ3) is 3.87. The number of hydrogen-bond acceptors (Lipinski definition) is 4. The molecule has 1 saturated carbocycles. The highest BCUT2D eigenvalue weighted by atomic mass is 79.9. The van der Waals surface area contributed by atoms with E-state index in [9.17, 15) is 9.59 Å². The van der Waals surface area contributed by atoms with Crippen molar-refractivity contribution >= 4 is 33.2 Å². The molecule has 1 saturated heterocycles. The number of likely N-dealkylation sites (tertiary alicyclic amines) is 1. The molecule has 2 aliphatic rings. The van der Waals surface area contributed by atoms with E-state index < -0.39 is 0 Å². The molecule has 0 N–H and O–H groups in total. The molecule has 5 nitrogen and oxygen atoms in total. The molecule has 2 aromatic rings. The van der Waals surface area contributed by atoms with E-state index in [0.29, 0.717) is 18.4 Å². The molecule has 7 heteroatoms. The summed E-state index contributed by atoms with van der Waals surface area (Å²) < 4.78 is 2.61. The van der Waals surface area contributed by atoms with Crippen LogP contribution in [0.4, 0.5) is 0 Å². The number of hydrogen-bond donors (Lipinski definition) is 0. The molecule has 2 fully saturated rings. The Bertz CT molecular complexity index is 835. The molecule has 0 radical (unpaired) electrons. The van der Waals surface area contributed by atoms with Crippen molar-refractivity contribution in [3.8, 4) is 0 Å². The molecule has 4 rings (SSSR count). The number of carbonyl (C=O) groups excluding carboxylic acids is 1. The van der Waals surface area contributed by atoms with Crippen LogP contribution in [-0.2, 0) is 6.54 Å². The first kappa shape index (κ1) is 17.0. The Labute approximate surface area is 158 Å². The SMILES string of the molecule is O=C(c1ccc(Br)s1)N1CCC(Cn2nc(C3CC3)ccc2=O)CC1. The van der Waals surface area contributed by atoms with Gasteiger partial charge >= 0.3 is 0 Å². The largest absolute Gasteiger partial charge is 0.338 e. The van der Waals surface area contributed by atoms with Gasteiger partial charge in [-0.1, -0.05) is 0 Å². The molecule has 0 aromatic carbocycles. The van der Waals surface area contributed by atoms with Crippen LogP contribution in [-0.4, -0.2) is 33.7 Å². The van der Waals surface area contributed by atoms with Gasteiger partial charge in [0.2, 0.25) is 0 Å². The summed E-state index contributed by atoms with van der Waals surface area (Å²) in [4.78, 5) is 27.3. The fourth-order valence-corrected chi connectivity index (χ4v) is 4.69. The number of aromatic nitrogens is 2. The van der Waals surface area contributed by atoms with Gasteiger partial charge in [0.1, 0.15) is 0 Å². The van der Waals surface area contributed by atoms with Crippen molar-refractivity contribution in [2.45, 2.75) is 38.1 Å². The summed E-state index contributed by atoms with van der Waals surface area (Å²) >= 11 is 4.88. The molecule has 0 spiro atoms. The third-order valence-electron chi connectivity index (χ3n) is 5.00. The second-order valence-corrected chi connectivity index (χ2v) is 9.36. The zero-order chi connectivity index (χ0) is 17.4. The van der Waals surface area contributed by atoms with Crippen LogP contribution in [0.2, 0.25) is 0 Å². The Morgan fingerprint density at radius 1 is 1.16 bits per heavy atom. The standard InChI is InChI=1S/C18H20BrN3O2S/c19-16-5-4-15(25-16)18(24)21-9-7-12(8-10-21)11-22-17(23)6-3-14(20-22)13-1-2-13/h3-6,12-13H,1-2,7-11H2. The first-order chi connectivity index (χ1) is 12.1. The zero-order valence-corrected chi connectivity index (χ0v) is 16.3. The van der Waals surface area contributed by atoms with E-state index in [2.05, 4.69) is 21.0 Å². The molecule has 3 heterocycles. The van der Waals surface area contributed by atoms with E-state index in [1.807, 2.05) is 23.1 Å². The third-order valence-corrected chi connectivity index (χ3v) is 6.61. The maximum atomic E-state index is 12.5. The van der Waals surface area contributed by atoms with Crippen molar-refractivity contribution < 1.29 is 4.79 Å². The number of halogens is 1. The Balaban J connectivity index is 1.37. The van der Waals surface area contributed by atoms with Gasteiger partial charge in [0.15, 0.2) is 0 Å². The van der Waals surface area contributed by atoms with E-state index in [1.165, 1.54) is 24.2 Å². The monoisotopic (exact) mass is 421 g/mol. The lowest BCUT2D eigenvalue weighted by atomic mass is 9.96. The normalized spacial score (nSPS) is 18.5. The van der Waals surface area contributed by atoms with Gasteiger partial charge in [-0.15, -0.1) is 11.3 Å². The molecule has 2 aromatic heterocycles. The lowest BCUT2D eigenvalue weighted by Crippen LogP contribution is -2.40. The van der Waals surface area contributed by atoms with Gasteiger partial charge in [-0.25, -0.2) is 4.68 Å². The van der Waals surface area contributed by atoms with Crippen LogP contribution in [0.3, 0.4) is 0 Å². The molecule has 132 valence electrons. The number of rotatable bonds is 4. The maximum Gasteiger partial charge on any atom is 0.266 e. The average molecular weight is 422 g/mol. The molecule has 0 bridgehead atoms. The number of amides is 1. The molecule has 0 atom stereocenters. The predicted molar refractivity (Wildman–Crippen MR) is 101 cm³/mol. The Hall–Kier alpha value is -1.47. The highest BCUT2D eigenvalue weighted by Gasteiger charge is 2.27. The second kappa shape index (κ2) is 7.03. The molecular formula is C18H20BrN3O2S. The summed E-state index contributed by atoms with van der Waals surface area (Å²) in [6.45, 7) is 2.15. The van der Waals surface area contributed by atoms with Gasteiger partial charge in [-0.05, 0) is 65.7 Å². The molecule has 1 aliphatic heterocycles. The van der Waals surface area contributed by atoms with Gasteiger partial charge < -0.3 is 4.90 Å². The summed E-state index contributed by atoms with van der Waals surface area (Å²) in [7, 11) is 0. The summed E-state index contributed by atoms with van der Waals surface area (Å²) in [5.74, 6) is 1.07. The van der Waals surface area contributed by atoms with E-state index in [-0.39, 0.29) is 11.5 Å². The van der Waals surface area contributed by atoms with Crippen LogP contribution in [0.25, 0.3) is 0 Å². The first-order valence-electron chi connectivity index (χ1n) is 8.73. The predicted octanol–water partition coefficient (Wildman–Crippen LogP) is 3.50. The quantitative estimate of drug-likeness (QED) is 0.758. The topological polar surface area (TPSA) is 55.2 Å². The van der Waals surface area contributed by atoms with Gasteiger partial charge in [-0.2, -0.15) is 5.10 Å². The number of nitrogens with zero attached hydrogens (tertiary/aromatic N) is 3.